The van der Waals surface area contributed by atoms with Crippen molar-refractivity contribution < 1.29 is 23.4 Å². The van der Waals surface area contributed by atoms with Crippen molar-refractivity contribution in [3.63, 3.8) is 0 Å². The van der Waals surface area contributed by atoms with Crippen LogP contribution in [0.3, 0.4) is 0 Å². The number of hydrogen-bond donors (Lipinski definition) is 3. The lowest BCUT2D eigenvalue weighted by Crippen LogP contribution is -2.33. The summed E-state index contributed by atoms with van der Waals surface area (Å²) in [5.74, 6) is -1.61. The van der Waals surface area contributed by atoms with Gasteiger partial charge in [-0.1, -0.05) is 57.9 Å². The molecule has 1 atom stereocenters. The first-order chi connectivity index (χ1) is 19.0. The van der Waals surface area contributed by atoms with Crippen molar-refractivity contribution in [1.82, 2.24) is 15.1 Å². The van der Waals surface area contributed by atoms with E-state index in [1.165, 1.54) is 86.2 Å². The Bertz CT molecular complexity index is 1130. The summed E-state index contributed by atoms with van der Waals surface area (Å²) in [5, 5.41) is 19.0. The lowest BCUT2D eigenvalue weighted by Gasteiger charge is -2.24. The van der Waals surface area contributed by atoms with Gasteiger partial charge in [0.25, 0.3) is 0 Å². The number of hydrogen-bond acceptors (Lipinski definition) is 5. The van der Waals surface area contributed by atoms with E-state index in [4.69, 9.17) is 9.84 Å². The van der Waals surface area contributed by atoms with E-state index in [-0.39, 0.29) is 23.4 Å². The Hall–Kier alpha value is -3.30. The van der Waals surface area contributed by atoms with Crippen LogP contribution in [0.2, 0.25) is 0 Å². The van der Waals surface area contributed by atoms with Gasteiger partial charge in [0.15, 0.2) is 5.69 Å². The number of morpholine rings is 1. The van der Waals surface area contributed by atoms with Crippen molar-refractivity contribution in [2.24, 2.45) is 0 Å². The summed E-state index contributed by atoms with van der Waals surface area (Å²) in [4.78, 5) is 10.6. The highest BCUT2D eigenvalue weighted by Crippen LogP contribution is 2.23. The van der Waals surface area contributed by atoms with Crippen molar-refractivity contribution in [2.45, 2.75) is 64.4 Å². The number of anilines is 1. The molecule has 212 valence electrons. The second-order valence-corrected chi connectivity index (χ2v) is 9.63. The van der Waals surface area contributed by atoms with Gasteiger partial charge in [-0.3, -0.25) is 0 Å². The van der Waals surface area contributed by atoms with E-state index in [0.717, 1.165) is 31.6 Å². The first-order valence-corrected chi connectivity index (χ1v) is 13.9. The van der Waals surface area contributed by atoms with Crippen LogP contribution in [0, 0.1) is 11.6 Å². The van der Waals surface area contributed by atoms with Crippen LogP contribution in [0.25, 0.3) is 5.69 Å². The van der Waals surface area contributed by atoms with Gasteiger partial charge in [0.1, 0.15) is 11.6 Å². The maximum atomic E-state index is 14.2. The number of nitrogens with one attached hydrogen (secondary N) is 2. The van der Waals surface area contributed by atoms with E-state index in [1.807, 2.05) is 12.1 Å². The van der Waals surface area contributed by atoms with Gasteiger partial charge in [-0.2, -0.15) is 5.10 Å². The summed E-state index contributed by atoms with van der Waals surface area (Å²) in [6, 6.07) is 12.4. The summed E-state index contributed by atoms with van der Waals surface area (Å²) in [6.07, 6.45) is 11.8. The van der Waals surface area contributed by atoms with E-state index >= 15 is 0 Å². The highest BCUT2D eigenvalue weighted by molar-refractivity contribution is 5.85. The summed E-state index contributed by atoms with van der Waals surface area (Å²) in [6.45, 7) is 5.40. The van der Waals surface area contributed by atoms with Crippen molar-refractivity contribution in [1.29, 1.82) is 0 Å². The van der Waals surface area contributed by atoms with Crippen LogP contribution >= 0.6 is 0 Å². The second-order valence-electron chi connectivity index (χ2n) is 9.63. The third kappa shape index (κ3) is 10.4. The van der Waals surface area contributed by atoms with Gasteiger partial charge in [-0.25, -0.2) is 18.3 Å². The molecule has 0 bridgehead atoms. The number of ether oxygens (including phenoxy) is 1. The zero-order valence-electron chi connectivity index (χ0n) is 22.7. The Balaban J connectivity index is 0.000000239. The quantitative estimate of drug-likeness (QED) is 0.207. The van der Waals surface area contributed by atoms with Crippen molar-refractivity contribution in [2.75, 3.05) is 31.6 Å². The lowest BCUT2D eigenvalue weighted by molar-refractivity contribution is 0.0275. The lowest BCUT2D eigenvalue weighted by atomic mass is 10.1. The molecule has 1 fully saturated rings. The van der Waals surface area contributed by atoms with Crippen molar-refractivity contribution >= 4 is 11.7 Å². The zero-order valence-corrected chi connectivity index (χ0v) is 22.7. The molecule has 1 aromatic heterocycles. The number of benzene rings is 2. The fourth-order valence-electron chi connectivity index (χ4n) is 4.31. The number of halogens is 2. The Labute approximate surface area is 229 Å². The van der Waals surface area contributed by atoms with E-state index < -0.39 is 5.97 Å². The predicted octanol–water partition coefficient (Wildman–Crippen LogP) is 6.75. The van der Waals surface area contributed by atoms with E-state index in [0.29, 0.717) is 18.0 Å². The molecule has 7 nitrogen and oxygen atoms in total. The molecule has 9 heteroatoms. The van der Waals surface area contributed by atoms with Crippen molar-refractivity contribution in [3.8, 4) is 5.69 Å². The first kappa shape index (κ1) is 30.2. The summed E-state index contributed by atoms with van der Waals surface area (Å²) < 4.78 is 33.9. The molecular formula is C30H40F2N4O3. The van der Waals surface area contributed by atoms with Crippen LogP contribution in [0.1, 0.15) is 80.4 Å². The monoisotopic (exact) mass is 542 g/mol. The van der Waals surface area contributed by atoms with Crippen molar-refractivity contribution in [3.05, 3.63) is 77.6 Å². The van der Waals surface area contributed by atoms with Crippen LogP contribution < -0.4 is 10.6 Å². The number of unbranched alkanes of at least 4 members (excludes halogenated alkanes) is 7. The van der Waals surface area contributed by atoms with Gasteiger partial charge in [0.05, 0.1) is 24.1 Å². The zero-order chi connectivity index (χ0) is 27.9. The molecule has 4 rings (SSSR count). The third-order valence-electron chi connectivity index (χ3n) is 6.54. The number of carbonyl (C=O) groups is 1. The van der Waals surface area contributed by atoms with Crippen LogP contribution in [0.15, 0.2) is 54.7 Å². The molecule has 3 N–H and O–H groups in total. The number of rotatable bonds is 13. The Morgan fingerprint density at radius 2 is 1.77 bits per heavy atom. The molecule has 1 aliphatic heterocycles. The van der Waals surface area contributed by atoms with E-state index in [2.05, 4.69) is 22.7 Å². The molecule has 0 radical (unpaired) electrons. The van der Waals surface area contributed by atoms with Crippen LogP contribution in [0.4, 0.5) is 14.5 Å². The molecule has 0 unspecified atom stereocenters. The first-order valence-electron chi connectivity index (χ1n) is 13.9. The highest BCUT2D eigenvalue weighted by Gasteiger charge is 2.17. The topological polar surface area (TPSA) is 88.4 Å². The Morgan fingerprint density at radius 3 is 2.38 bits per heavy atom. The fraction of sp³-hybridized carbons (Fsp3) is 0.467. The number of aromatic nitrogens is 2. The smallest absolute Gasteiger partial charge is 0.356 e. The van der Waals surface area contributed by atoms with E-state index in [9.17, 15) is 13.6 Å². The van der Waals surface area contributed by atoms with Crippen LogP contribution in [-0.4, -0.2) is 47.1 Å². The van der Waals surface area contributed by atoms with Gasteiger partial charge < -0.3 is 20.5 Å². The molecular weight excluding hydrogens is 502 g/mol. The number of carboxylic acids is 1. The van der Waals surface area contributed by atoms with Gasteiger partial charge >= 0.3 is 5.97 Å². The SMILES string of the molecule is CCCCCCCCCCNc1ccc([C@@H]2CNCCO2)cc1F.O=C(O)c1ccn(-c2ccc(F)cc2)n1. The number of aromatic carboxylic acids is 1. The average Bonchev–Trinajstić information content (AvgIpc) is 3.45. The summed E-state index contributed by atoms with van der Waals surface area (Å²) >= 11 is 0. The van der Waals surface area contributed by atoms with Crippen LogP contribution in [-0.2, 0) is 4.74 Å². The summed E-state index contributed by atoms with van der Waals surface area (Å²) in [7, 11) is 0. The molecule has 0 spiro atoms. The number of nitrogens with zero attached hydrogens (tertiary/aromatic N) is 2. The maximum absolute atomic E-state index is 14.2. The minimum Gasteiger partial charge on any atom is -0.476 e. The minimum atomic E-state index is -1.09. The minimum absolute atomic E-state index is 0.0324. The van der Waals surface area contributed by atoms with Gasteiger partial charge in [-0.05, 0) is 54.4 Å². The predicted molar refractivity (Wildman–Crippen MR) is 150 cm³/mol. The average molecular weight is 543 g/mol. The molecule has 0 aliphatic carbocycles. The summed E-state index contributed by atoms with van der Waals surface area (Å²) in [5.41, 5.74) is 2.09. The van der Waals surface area contributed by atoms with Gasteiger partial charge in [0.2, 0.25) is 0 Å². The fourth-order valence-corrected chi connectivity index (χ4v) is 4.31. The molecule has 1 aliphatic rings. The second kappa shape index (κ2) is 16.6. The molecule has 1 saturated heterocycles. The van der Waals surface area contributed by atoms with E-state index in [1.54, 1.807) is 6.07 Å². The molecule has 2 aromatic carbocycles. The van der Waals surface area contributed by atoms with Gasteiger partial charge in [-0.15, -0.1) is 0 Å². The molecule has 3 aromatic rings. The normalized spacial score (nSPS) is 14.9. The highest BCUT2D eigenvalue weighted by atomic mass is 19.1. The number of carboxylic acid groups (broad SMARTS) is 1. The van der Waals surface area contributed by atoms with Crippen LogP contribution in [0.5, 0.6) is 0 Å². The molecule has 2 heterocycles. The molecule has 0 amide bonds. The maximum Gasteiger partial charge on any atom is 0.356 e. The standard InChI is InChI=1S/C20H33FN2O.C10H7FN2O2/c1-2-3-4-5-6-7-8-9-12-23-19-11-10-17(15-18(19)21)20-16-22-13-14-24-20;11-7-1-3-8(4-2-7)13-6-5-9(12-13)10(14)15/h10-11,15,20,22-23H,2-9,12-14,16H2,1H3;1-6H,(H,14,15)/t20-;/m0./s1. The largest absolute Gasteiger partial charge is 0.476 e. The Kier molecular flexibility index (Phi) is 12.9. The Morgan fingerprint density at radius 1 is 1.05 bits per heavy atom. The third-order valence-corrected chi connectivity index (χ3v) is 6.54. The molecule has 0 saturated carbocycles. The molecule has 39 heavy (non-hydrogen) atoms. The van der Waals surface area contributed by atoms with Gasteiger partial charge in [0, 0.05) is 25.8 Å².